The zero-order valence-electron chi connectivity index (χ0n) is 20.3. The maximum absolute atomic E-state index is 14.0. The molecule has 0 unspecified atom stereocenters. The second-order valence-electron chi connectivity index (χ2n) is 11.7. The molecule has 35 heavy (non-hydrogen) atoms. The Balaban J connectivity index is 1.58. The zero-order valence-corrected chi connectivity index (χ0v) is 20.3. The summed E-state index contributed by atoms with van der Waals surface area (Å²) in [5, 5.41) is 46.1. The van der Waals surface area contributed by atoms with Crippen LogP contribution in [0, 0.1) is 22.7 Å². The van der Waals surface area contributed by atoms with Crippen LogP contribution in [0.4, 0.5) is 0 Å². The second kappa shape index (κ2) is 7.71. The Hall–Kier alpha value is -2.07. The number of ether oxygens (including phenoxy) is 1. The number of Topliss-reactive ketones (excluding diaryl/α,β-unsaturated/α-hetero) is 1. The number of fused-ring (bicyclic) bond motifs is 5. The highest BCUT2D eigenvalue weighted by Crippen LogP contribution is 2.70. The second-order valence-corrected chi connectivity index (χ2v) is 11.7. The molecule has 1 heterocycles. The van der Waals surface area contributed by atoms with Crippen molar-refractivity contribution in [1.29, 1.82) is 0 Å². The zero-order chi connectivity index (χ0) is 25.6. The van der Waals surface area contributed by atoms with E-state index in [-0.39, 0.29) is 19.3 Å². The number of ketones is 1. The van der Waals surface area contributed by atoms with Crippen LogP contribution in [0.1, 0.15) is 70.8 Å². The number of carbonyl (C=O) groups excluding carboxylic acids is 2. The molecule has 4 N–H and O–H groups in total. The minimum absolute atomic E-state index is 0.0487. The van der Waals surface area contributed by atoms with E-state index in [1.165, 1.54) is 19.3 Å². The summed E-state index contributed by atoms with van der Waals surface area (Å²) in [7, 11) is 0. The average molecular weight is 491 g/mol. The van der Waals surface area contributed by atoms with Crippen molar-refractivity contribution >= 4 is 11.8 Å². The van der Waals surface area contributed by atoms with Crippen molar-refractivity contribution in [3.63, 3.8) is 0 Å². The lowest BCUT2D eigenvalue weighted by Crippen LogP contribution is -2.74. The monoisotopic (exact) mass is 490 g/mol. The summed E-state index contributed by atoms with van der Waals surface area (Å²) >= 11 is 0. The van der Waals surface area contributed by atoms with Crippen LogP contribution in [0.15, 0.2) is 27.6 Å². The summed E-state index contributed by atoms with van der Waals surface area (Å²) in [6.45, 7) is 4.71. The summed E-state index contributed by atoms with van der Waals surface area (Å²) in [5.41, 5.74) is -5.13. The van der Waals surface area contributed by atoms with Crippen LogP contribution >= 0.6 is 0 Å². The lowest BCUT2D eigenvalue weighted by molar-refractivity contribution is -0.278. The minimum atomic E-state index is -1.47. The van der Waals surface area contributed by atoms with E-state index in [1.54, 1.807) is 19.9 Å². The Labute approximate surface area is 203 Å². The fourth-order valence-corrected chi connectivity index (χ4v) is 8.45. The van der Waals surface area contributed by atoms with E-state index in [4.69, 9.17) is 9.15 Å². The summed E-state index contributed by atoms with van der Waals surface area (Å²) < 4.78 is 10.4. The SMILES string of the molecule is CC(=O)O[C@H]1C[C@]2(C)[C@H]3[C@@H](CC[C@@]2(O)C[C@H]1O)[C@@]1(O)CC[C@H](c2ccc(=O)oc2)[C@@]1(C)C(=O)[C@@H]3O. The van der Waals surface area contributed by atoms with Gasteiger partial charge in [0.05, 0.1) is 29.0 Å². The normalized spacial score (nSPS) is 49.1. The molecule has 9 nitrogen and oxygen atoms in total. The van der Waals surface area contributed by atoms with Crippen molar-refractivity contribution in [3.8, 4) is 0 Å². The molecule has 0 bridgehead atoms. The van der Waals surface area contributed by atoms with E-state index in [1.807, 2.05) is 0 Å². The summed E-state index contributed by atoms with van der Waals surface area (Å²) in [6, 6.07) is 2.89. The molecule has 1 aromatic heterocycles. The van der Waals surface area contributed by atoms with Gasteiger partial charge in [-0.25, -0.2) is 4.79 Å². The van der Waals surface area contributed by atoms with Gasteiger partial charge in [0, 0.05) is 36.7 Å². The topological polar surface area (TPSA) is 154 Å². The number of aliphatic hydroxyl groups excluding tert-OH is 2. The Morgan fingerprint density at radius 1 is 1.09 bits per heavy atom. The van der Waals surface area contributed by atoms with Gasteiger partial charge in [0.2, 0.25) is 0 Å². The summed E-state index contributed by atoms with van der Waals surface area (Å²) in [6.07, 6.45) is -0.645. The molecule has 1 aromatic rings. The van der Waals surface area contributed by atoms with Crippen molar-refractivity contribution in [2.24, 2.45) is 22.7 Å². The largest absolute Gasteiger partial charge is 0.460 e. The van der Waals surface area contributed by atoms with Crippen LogP contribution in [-0.2, 0) is 14.3 Å². The molecule has 4 fully saturated rings. The van der Waals surface area contributed by atoms with Crippen molar-refractivity contribution in [2.45, 2.75) is 94.7 Å². The van der Waals surface area contributed by atoms with E-state index >= 15 is 0 Å². The molecule has 0 aromatic carbocycles. The van der Waals surface area contributed by atoms with Crippen molar-refractivity contribution < 1.29 is 39.2 Å². The highest BCUT2D eigenvalue weighted by molar-refractivity contribution is 5.93. The van der Waals surface area contributed by atoms with Crippen molar-refractivity contribution in [1.82, 2.24) is 0 Å². The molecule has 0 spiro atoms. The number of rotatable bonds is 2. The molecule has 192 valence electrons. The quantitative estimate of drug-likeness (QED) is 0.445. The minimum Gasteiger partial charge on any atom is -0.460 e. The highest BCUT2D eigenvalue weighted by atomic mass is 16.6. The van der Waals surface area contributed by atoms with Gasteiger partial charge < -0.3 is 29.6 Å². The van der Waals surface area contributed by atoms with Crippen molar-refractivity contribution in [3.05, 3.63) is 34.4 Å². The van der Waals surface area contributed by atoms with Gasteiger partial charge in [-0.3, -0.25) is 9.59 Å². The Morgan fingerprint density at radius 3 is 2.43 bits per heavy atom. The van der Waals surface area contributed by atoms with Crippen LogP contribution in [-0.4, -0.2) is 61.7 Å². The molecule has 4 aliphatic carbocycles. The average Bonchev–Trinajstić information content (AvgIpc) is 3.06. The van der Waals surface area contributed by atoms with E-state index in [2.05, 4.69) is 0 Å². The first kappa shape index (κ1) is 24.6. The molecule has 0 radical (unpaired) electrons. The third-order valence-electron chi connectivity index (χ3n) is 10.3. The van der Waals surface area contributed by atoms with E-state index in [0.717, 1.165) is 0 Å². The first-order valence-electron chi connectivity index (χ1n) is 12.4. The molecule has 5 rings (SSSR count). The smallest absolute Gasteiger partial charge is 0.335 e. The fourth-order valence-electron chi connectivity index (χ4n) is 8.45. The number of hydrogen-bond donors (Lipinski definition) is 4. The van der Waals surface area contributed by atoms with Crippen molar-refractivity contribution in [2.75, 3.05) is 0 Å². The van der Waals surface area contributed by atoms with Crippen LogP contribution in [0.3, 0.4) is 0 Å². The highest BCUT2D eigenvalue weighted by Gasteiger charge is 2.76. The molecular formula is C26H34O9. The van der Waals surface area contributed by atoms with Gasteiger partial charge in [0.1, 0.15) is 12.2 Å². The Morgan fingerprint density at radius 2 is 1.80 bits per heavy atom. The summed E-state index contributed by atoms with van der Waals surface area (Å²) in [5.74, 6) is -2.80. The van der Waals surface area contributed by atoms with Gasteiger partial charge in [0.25, 0.3) is 0 Å². The van der Waals surface area contributed by atoms with Gasteiger partial charge in [0.15, 0.2) is 5.78 Å². The van der Waals surface area contributed by atoms with E-state index < -0.39 is 75.5 Å². The molecule has 4 aliphatic rings. The molecule has 10 atom stereocenters. The molecule has 4 saturated carbocycles. The lowest BCUT2D eigenvalue weighted by Gasteiger charge is -2.66. The third kappa shape index (κ3) is 3.11. The van der Waals surface area contributed by atoms with Crippen LogP contribution in [0.5, 0.6) is 0 Å². The van der Waals surface area contributed by atoms with Gasteiger partial charge in [-0.05, 0) is 56.6 Å². The summed E-state index contributed by atoms with van der Waals surface area (Å²) in [4.78, 5) is 37.1. The number of esters is 1. The molecule has 9 heteroatoms. The predicted octanol–water partition coefficient (Wildman–Crippen LogP) is 1.05. The number of aliphatic hydroxyl groups is 4. The molecule has 0 amide bonds. The fraction of sp³-hybridized carbons (Fsp3) is 0.731. The van der Waals surface area contributed by atoms with Crippen LogP contribution < -0.4 is 5.63 Å². The number of carbonyl (C=O) groups is 2. The third-order valence-corrected chi connectivity index (χ3v) is 10.3. The van der Waals surface area contributed by atoms with Crippen LogP contribution in [0.2, 0.25) is 0 Å². The standard InChI is InChI=1S/C26H34O9/c1-13(27)35-18-11-23(2)20-16(6-8-25(23,32)10-17(18)28)26(33)9-7-15(14-4-5-19(29)34-12-14)24(26,3)22(31)21(20)30/h4-5,12,15-18,20-21,28,30,32-33H,6-11H2,1-3H3/t15-,16-,17-,18+,20+,21-,23-,24+,25-,26+/m1/s1. The molecule has 0 aliphatic heterocycles. The van der Waals surface area contributed by atoms with Crippen LogP contribution in [0.25, 0.3) is 0 Å². The predicted molar refractivity (Wildman–Crippen MR) is 121 cm³/mol. The Bertz CT molecular complexity index is 1090. The molecule has 0 saturated heterocycles. The number of hydrogen-bond acceptors (Lipinski definition) is 9. The van der Waals surface area contributed by atoms with Gasteiger partial charge >= 0.3 is 11.6 Å². The van der Waals surface area contributed by atoms with E-state index in [9.17, 15) is 34.8 Å². The van der Waals surface area contributed by atoms with Gasteiger partial charge in [-0.1, -0.05) is 6.92 Å². The molecular weight excluding hydrogens is 456 g/mol. The van der Waals surface area contributed by atoms with Gasteiger partial charge in [-0.2, -0.15) is 0 Å². The lowest BCUT2D eigenvalue weighted by atomic mass is 9.40. The van der Waals surface area contributed by atoms with Gasteiger partial charge in [-0.15, -0.1) is 0 Å². The maximum Gasteiger partial charge on any atom is 0.335 e. The first-order valence-corrected chi connectivity index (χ1v) is 12.4. The van der Waals surface area contributed by atoms with E-state index in [0.29, 0.717) is 24.8 Å². The Kier molecular flexibility index (Phi) is 5.43. The maximum atomic E-state index is 14.0. The first-order chi connectivity index (χ1) is 16.3.